The van der Waals surface area contributed by atoms with E-state index in [0.29, 0.717) is 0 Å². The van der Waals surface area contributed by atoms with Crippen LogP contribution < -0.4 is 10.5 Å². The molecule has 0 amide bonds. The van der Waals surface area contributed by atoms with Crippen molar-refractivity contribution in [1.82, 2.24) is 0 Å². The first kappa shape index (κ1) is 19.9. The molecule has 23 heavy (non-hydrogen) atoms. The SMILES string of the molecule is Nc1cc(Cl)c(OCC(F)(F)C(F)(F)C(F)(F)C(F)F)c(Cl)c1. The Kier molecular flexibility index (Phi) is 5.52. The zero-order valence-corrected chi connectivity index (χ0v) is 12.2. The molecule has 0 spiro atoms. The van der Waals surface area contributed by atoms with Gasteiger partial charge < -0.3 is 10.5 Å². The van der Waals surface area contributed by atoms with Crippen LogP contribution in [0, 0.1) is 0 Å². The number of nitrogen functional groups attached to an aromatic ring is 1. The Balaban J connectivity index is 3.04. The fourth-order valence-electron chi connectivity index (χ4n) is 1.35. The van der Waals surface area contributed by atoms with E-state index >= 15 is 0 Å². The molecule has 0 unspecified atom stereocenters. The molecule has 0 radical (unpaired) electrons. The largest absolute Gasteiger partial charge is 0.484 e. The van der Waals surface area contributed by atoms with Gasteiger partial charge in [0.15, 0.2) is 12.4 Å². The van der Waals surface area contributed by atoms with Crippen molar-refractivity contribution in [2.75, 3.05) is 12.3 Å². The summed E-state index contributed by atoms with van der Waals surface area (Å²) in [4.78, 5) is 0. The van der Waals surface area contributed by atoms with Crippen molar-refractivity contribution in [2.24, 2.45) is 0 Å². The number of nitrogens with two attached hydrogens (primary N) is 1. The number of halogens is 10. The van der Waals surface area contributed by atoms with Crippen LogP contribution in [0.4, 0.5) is 40.8 Å². The number of hydrogen-bond donors (Lipinski definition) is 1. The Morgan fingerprint density at radius 2 is 1.43 bits per heavy atom. The van der Waals surface area contributed by atoms with Crippen LogP contribution in [-0.2, 0) is 0 Å². The Morgan fingerprint density at radius 1 is 1.00 bits per heavy atom. The summed E-state index contributed by atoms with van der Waals surface area (Å²) >= 11 is 11.1. The van der Waals surface area contributed by atoms with Gasteiger partial charge in [-0.3, -0.25) is 0 Å². The van der Waals surface area contributed by atoms with E-state index in [-0.39, 0.29) is 5.69 Å². The van der Waals surface area contributed by atoms with Crippen LogP contribution in [-0.4, -0.2) is 30.8 Å². The Hall–Kier alpha value is -1.16. The highest BCUT2D eigenvalue weighted by molar-refractivity contribution is 6.37. The minimum atomic E-state index is -6.37. The van der Waals surface area contributed by atoms with Gasteiger partial charge in [-0.15, -0.1) is 0 Å². The number of alkyl halides is 8. The molecule has 0 aliphatic rings. The fourth-order valence-corrected chi connectivity index (χ4v) is 1.96. The smallest absolute Gasteiger partial charge is 0.381 e. The molecular weight excluding hydrogens is 385 g/mol. The molecule has 0 heterocycles. The molecule has 0 aliphatic heterocycles. The van der Waals surface area contributed by atoms with Crippen LogP contribution in [0.15, 0.2) is 12.1 Å². The van der Waals surface area contributed by atoms with Gasteiger partial charge in [0.05, 0.1) is 10.0 Å². The standard InChI is InChI=1S/C11H7Cl2F8NO/c12-5-1-4(22)2-6(13)7(5)23-3-9(16,17)11(20,21)10(18,19)8(14)15/h1-2,8H,3,22H2. The molecule has 0 saturated heterocycles. The number of hydrogen-bond acceptors (Lipinski definition) is 2. The summed E-state index contributed by atoms with van der Waals surface area (Å²) in [7, 11) is 0. The fraction of sp³-hybridized carbons (Fsp3) is 0.455. The minimum absolute atomic E-state index is 0.0197. The highest BCUT2D eigenvalue weighted by Crippen LogP contribution is 2.49. The van der Waals surface area contributed by atoms with Crippen LogP contribution in [0.3, 0.4) is 0 Å². The van der Waals surface area contributed by atoms with E-state index in [1.807, 2.05) is 0 Å². The van der Waals surface area contributed by atoms with Crippen LogP contribution in [0.2, 0.25) is 10.0 Å². The molecule has 2 N–H and O–H groups in total. The van der Waals surface area contributed by atoms with Gasteiger partial charge in [-0.2, -0.15) is 26.3 Å². The molecule has 2 nitrogen and oxygen atoms in total. The van der Waals surface area contributed by atoms with Gasteiger partial charge in [-0.05, 0) is 12.1 Å². The summed E-state index contributed by atoms with van der Waals surface area (Å²) < 4.78 is 106. The molecular formula is C11H7Cl2F8NO. The van der Waals surface area contributed by atoms with Gasteiger partial charge in [-0.25, -0.2) is 8.78 Å². The van der Waals surface area contributed by atoms with E-state index in [1.54, 1.807) is 0 Å². The summed E-state index contributed by atoms with van der Waals surface area (Å²) in [5.41, 5.74) is 5.28. The van der Waals surface area contributed by atoms with Crippen LogP contribution in [0.5, 0.6) is 5.75 Å². The minimum Gasteiger partial charge on any atom is -0.484 e. The molecule has 132 valence electrons. The maximum atomic E-state index is 13.3. The van der Waals surface area contributed by atoms with Crippen molar-refractivity contribution in [1.29, 1.82) is 0 Å². The highest BCUT2D eigenvalue weighted by atomic mass is 35.5. The summed E-state index contributed by atoms with van der Waals surface area (Å²) in [5.74, 6) is -19.0. The van der Waals surface area contributed by atoms with E-state index in [1.165, 1.54) is 0 Å². The first-order valence-electron chi connectivity index (χ1n) is 5.53. The van der Waals surface area contributed by atoms with Crippen molar-refractivity contribution in [3.05, 3.63) is 22.2 Å². The van der Waals surface area contributed by atoms with Crippen molar-refractivity contribution in [3.8, 4) is 5.75 Å². The second kappa shape index (κ2) is 6.39. The molecule has 1 aromatic carbocycles. The van der Waals surface area contributed by atoms with Gasteiger partial charge in [0.1, 0.15) is 0 Å². The topological polar surface area (TPSA) is 35.2 Å². The maximum absolute atomic E-state index is 13.3. The number of anilines is 1. The van der Waals surface area contributed by atoms with E-state index in [2.05, 4.69) is 4.74 Å². The Bertz CT molecular complexity index is 558. The molecule has 0 fully saturated rings. The molecule has 0 aliphatic carbocycles. The zero-order valence-electron chi connectivity index (χ0n) is 10.7. The molecule has 12 heteroatoms. The van der Waals surface area contributed by atoms with E-state index in [9.17, 15) is 35.1 Å². The molecule has 0 bridgehead atoms. The third kappa shape index (κ3) is 3.68. The van der Waals surface area contributed by atoms with Gasteiger partial charge in [0, 0.05) is 5.69 Å². The summed E-state index contributed by atoms with van der Waals surface area (Å²) in [6, 6.07) is 1.93. The summed E-state index contributed by atoms with van der Waals surface area (Å²) in [5, 5.41) is -0.926. The summed E-state index contributed by atoms with van der Waals surface area (Å²) in [6.45, 7) is -2.37. The van der Waals surface area contributed by atoms with Crippen molar-refractivity contribution < 1.29 is 39.9 Å². The van der Waals surface area contributed by atoms with E-state index in [0.717, 1.165) is 12.1 Å². The van der Waals surface area contributed by atoms with Crippen molar-refractivity contribution >= 4 is 28.9 Å². The third-order valence-electron chi connectivity index (χ3n) is 2.57. The first-order chi connectivity index (χ1) is 10.2. The van der Waals surface area contributed by atoms with E-state index in [4.69, 9.17) is 28.9 Å². The Morgan fingerprint density at radius 3 is 1.83 bits per heavy atom. The van der Waals surface area contributed by atoms with Gasteiger partial charge in [0.2, 0.25) is 0 Å². The molecule has 0 aromatic heterocycles. The number of rotatable bonds is 6. The predicted molar refractivity (Wildman–Crippen MR) is 67.2 cm³/mol. The average molecular weight is 392 g/mol. The predicted octanol–water partition coefficient (Wildman–Crippen LogP) is 5.13. The van der Waals surface area contributed by atoms with Gasteiger partial charge in [0.25, 0.3) is 0 Å². The first-order valence-corrected chi connectivity index (χ1v) is 6.28. The lowest BCUT2D eigenvalue weighted by molar-refractivity contribution is -0.342. The maximum Gasteiger partial charge on any atom is 0.381 e. The van der Waals surface area contributed by atoms with E-state index < -0.39 is 46.6 Å². The molecule has 1 aromatic rings. The zero-order chi connectivity index (χ0) is 18.2. The molecule has 0 atom stereocenters. The van der Waals surface area contributed by atoms with Crippen LogP contribution in [0.1, 0.15) is 0 Å². The lowest BCUT2D eigenvalue weighted by Crippen LogP contribution is -2.59. The number of ether oxygens (including phenoxy) is 1. The van der Waals surface area contributed by atoms with Crippen molar-refractivity contribution in [3.63, 3.8) is 0 Å². The van der Waals surface area contributed by atoms with Gasteiger partial charge in [-0.1, -0.05) is 23.2 Å². The quantitative estimate of drug-likeness (QED) is 0.539. The Labute approximate surface area is 134 Å². The monoisotopic (exact) mass is 391 g/mol. The second-order valence-corrected chi connectivity index (χ2v) is 5.12. The highest BCUT2D eigenvalue weighted by Gasteiger charge is 2.75. The average Bonchev–Trinajstić information content (AvgIpc) is 2.36. The lowest BCUT2D eigenvalue weighted by atomic mass is 10.1. The van der Waals surface area contributed by atoms with Crippen molar-refractivity contribution in [2.45, 2.75) is 24.2 Å². The lowest BCUT2D eigenvalue weighted by Gasteiger charge is -2.32. The molecule has 0 saturated carbocycles. The van der Waals surface area contributed by atoms with Crippen LogP contribution >= 0.6 is 23.2 Å². The third-order valence-corrected chi connectivity index (χ3v) is 3.13. The second-order valence-electron chi connectivity index (χ2n) is 4.30. The normalized spacial score (nSPS) is 13.5. The number of benzene rings is 1. The summed E-state index contributed by atoms with van der Waals surface area (Å²) in [6.07, 6.45) is -5.01. The molecule has 1 rings (SSSR count). The van der Waals surface area contributed by atoms with Crippen LogP contribution in [0.25, 0.3) is 0 Å². The van der Waals surface area contributed by atoms with Gasteiger partial charge >= 0.3 is 24.2 Å².